The molecule has 0 saturated heterocycles. The molecule has 0 heterocycles. The highest BCUT2D eigenvalue weighted by atomic mass is 16.5. The number of methoxy groups -OCH3 is 1. The molecule has 0 N–H and O–H groups in total. The van der Waals surface area contributed by atoms with Crippen molar-refractivity contribution in [2.24, 2.45) is 5.41 Å². The van der Waals surface area contributed by atoms with Crippen LogP contribution in [0.15, 0.2) is 54.6 Å². The van der Waals surface area contributed by atoms with E-state index in [0.29, 0.717) is 0 Å². The molecule has 2 rings (SSSR count). The molecule has 0 atom stereocenters. The van der Waals surface area contributed by atoms with E-state index in [1.165, 1.54) is 16.7 Å². The van der Waals surface area contributed by atoms with E-state index < -0.39 is 0 Å². The van der Waals surface area contributed by atoms with Gasteiger partial charge in [0.05, 0.1) is 7.11 Å². The van der Waals surface area contributed by atoms with E-state index in [1.54, 1.807) is 7.11 Å². The summed E-state index contributed by atoms with van der Waals surface area (Å²) in [5, 5.41) is 0. The van der Waals surface area contributed by atoms with Gasteiger partial charge in [-0.1, -0.05) is 69.3 Å². The second kappa shape index (κ2) is 5.96. The predicted octanol–water partition coefficient (Wildman–Crippen LogP) is 5.28. The first-order chi connectivity index (χ1) is 9.50. The number of rotatable bonds is 3. The molecule has 0 aliphatic rings. The van der Waals surface area contributed by atoms with Crippen LogP contribution >= 0.6 is 0 Å². The zero-order valence-corrected chi connectivity index (χ0v) is 12.7. The van der Waals surface area contributed by atoms with Gasteiger partial charge < -0.3 is 4.74 Å². The summed E-state index contributed by atoms with van der Waals surface area (Å²) >= 11 is 0. The van der Waals surface area contributed by atoms with Crippen LogP contribution < -0.4 is 4.74 Å². The molecule has 0 amide bonds. The Hall–Kier alpha value is -2.02. The largest absolute Gasteiger partial charge is 0.497 e. The van der Waals surface area contributed by atoms with E-state index in [1.807, 2.05) is 18.2 Å². The van der Waals surface area contributed by atoms with Gasteiger partial charge in [0.25, 0.3) is 0 Å². The van der Waals surface area contributed by atoms with Crippen LogP contribution in [-0.2, 0) is 0 Å². The first-order valence-corrected chi connectivity index (χ1v) is 6.92. The molecular formula is C19H22O. The Morgan fingerprint density at radius 2 is 1.65 bits per heavy atom. The van der Waals surface area contributed by atoms with Crippen molar-refractivity contribution in [3.63, 3.8) is 0 Å². The number of benzene rings is 2. The first kappa shape index (κ1) is 14.4. The third kappa shape index (κ3) is 3.51. The number of hydrogen-bond donors (Lipinski definition) is 0. The zero-order chi connectivity index (χ0) is 14.6. The highest BCUT2D eigenvalue weighted by molar-refractivity contribution is 5.84. The van der Waals surface area contributed by atoms with Gasteiger partial charge in [-0.2, -0.15) is 0 Å². The SMILES string of the molecule is COc1cccc(/C(=C/c2ccccc2)C(C)(C)C)c1. The van der Waals surface area contributed by atoms with Gasteiger partial charge in [-0.15, -0.1) is 0 Å². The minimum Gasteiger partial charge on any atom is -0.497 e. The van der Waals surface area contributed by atoms with Crippen LogP contribution in [0, 0.1) is 5.41 Å². The van der Waals surface area contributed by atoms with Crippen LogP contribution in [0.3, 0.4) is 0 Å². The van der Waals surface area contributed by atoms with E-state index in [4.69, 9.17) is 4.74 Å². The number of ether oxygens (including phenoxy) is 1. The summed E-state index contributed by atoms with van der Waals surface area (Å²) in [6.45, 7) is 6.71. The van der Waals surface area contributed by atoms with E-state index in [0.717, 1.165) is 5.75 Å². The van der Waals surface area contributed by atoms with Gasteiger partial charge in [0.15, 0.2) is 0 Å². The lowest BCUT2D eigenvalue weighted by Crippen LogP contribution is -2.08. The fourth-order valence-electron chi connectivity index (χ4n) is 2.24. The third-order valence-corrected chi connectivity index (χ3v) is 3.30. The highest BCUT2D eigenvalue weighted by Gasteiger charge is 2.19. The van der Waals surface area contributed by atoms with Crippen LogP contribution in [0.2, 0.25) is 0 Å². The number of allylic oxidation sites excluding steroid dienone is 1. The lowest BCUT2D eigenvalue weighted by molar-refractivity contribution is 0.414. The quantitative estimate of drug-likeness (QED) is 0.687. The summed E-state index contributed by atoms with van der Waals surface area (Å²) in [5.41, 5.74) is 3.81. The highest BCUT2D eigenvalue weighted by Crippen LogP contribution is 2.36. The van der Waals surface area contributed by atoms with Gasteiger partial charge in [-0.05, 0) is 34.2 Å². The van der Waals surface area contributed by atoms with Gasteiger partial charge in [-0.3, -0.25) is 0 Å². The Labute approximate surface area is 121 Å². The predicted molar refractivity (Wildman–Crippen MR) is 86.8 cm³/mol. The van der Waals surface area contributed by atoms with Gasteiger partial charge in [0.1, 0.15) is 5.75 Å². The molecule has 1 heteroatoms. The number of hydrogen-bond acceptors (Lipinski definition) is 1. The van der Waals surface area contributed by atoms with Crippen molar-refractivity contribution in [1.29, 1.82) is 0 Å². The smallest absolute Gasteiger partial charge is 0.119 e. The molecule has 0 bridgehead atoms. The third-order valence-electron chi connectivity index (χ3n) is 3.30. The Balaban J connectivity index is 2.51. The van der Waals surface area contributed by atoms with Gasteiger partial charge in [-0.25, -0.2) is 0 Å². The molecule has 2 aromatic carbocycles. The van der Waals surface area contributed by atoms with E-state index in [2.05, 4.69) is 63.2 Å². The molecule has 0 fully saturated rings. The van der Waals surface area contributed by atoms with Crippen LogP contribution in [0.1, 0.15) is 31.9 Å². The van der Waals surface area contributed by atoms with Gasteiger partial charge in [0.2, 0.25) is 0 Å². The molecule has 20 heavy (non-hydrogen) atoms. The first-order valence-electron chi connectivity index (χ1n) is 6.92. The fourth-order valence-corrected chi connectivity index (χ4v) is 2.24. The monoisotopic (exact) mass is 266 g/mol. The summed E-state index contributed by atoms with van der Waals surface area (Å²) in [4.78, 5) is 0. The van der Waals surface area contributed by atoms with Crippen LogP contribution in [0.4, 0.5) is 0 Å². The van der Waals surface area contributed by atoms with Crippen LogP contribution in [0.5, 0.6) is 5.75 Å². The molecule has 1 nitrogen and oxygen atoms in total. The molecule has 0 spiro atoms. The van der Waals surface area contributed by atoms with E-state index in [9.17, 15) is 0 Å². The van der Waals surface area contributed by atoms with Crippen LogP contribution in [-0.4, -0.2) is 7.11 Å². The Morgan fingerprint density at radius 3 is 2.25 bits per heavy atom. The summed E-state index contributed by atoms with van der Waals surface area (Å²) in [6, 6.07) is 18.7. The lowest BCUT2D eigenvalue weighted by atomic mass is 9.81. The van der Waals surface area contributed by atoms with Crippen molar-refractivity contribution >= 4 is 11.6 Å². The van der Waals surface area contributed by atoms with Gasteiger partial charge >= 0.3 is 0 Å². The Morgan fingerprint density at radius 1 is 0.950 bits per heavy atom. The molecule has 0 aliphatic heterocycles. The maximum Gasteiger partial charge on any atom is 0.119 e. The van der Waals surface area contributed by atoms with Gasteiger partial charge in [0, 0.05) is 0 Å². The minimum atomic E-state index is 0.0716. The summed E-state index contributed by atoms with van der Waals surface area (Å²) in [7, 11) is 1.71. The average Bonchev–Trinajstić information content (AvgIpc) is 2.45. The second-order valence-corrected chi connectivity index (χ2v) is 5.95. The standard InChI is InChI=1S/C19H22O/c1-19(2,3)18(13-15-9-6-5-7-10-15)16-11-8-12-17(14-16)20-4/h5-14H,1-4H3/b18-13-. The maximum atomic E-state index is 5.34. The Bertz CT molecular complexity index is 589. The topological polar surface area (TPSA) is 9.23 Å². The van der Waals surface area contributed by atoms with Crippen molar-refractivity contribution in [2.75, 3.05) is 7.11 Å². The Kier molecular flexibility index (Phi) is 4.29. The molecule has 104 valence electrons. The molecule has 0 aliphatic carbocycles. The summed E-state index contributed by atoms with van der Waals surface area (Å²) in [5.74, 6) is 0.894. The van der Waals surface area contributed by atoms with Crippen molar-refractivity contribution < 1.29 is 4.74 Å². The van der Waals surface area contributed by atoms with Crippen LogP contribution in [0.25, 0.3) is 11.6 Å². The maximum absolute atomic E-state index is 5.34. The van der Waals surface area contributed by atoms with Crippen molar-refractivity contribution in [3.05, 3.63) is 65.7 Å². The normalized spacial score (nSPS) is 12.3. The molecule has 0 saturated carbocycles. The van der Waals surface area contributed by atoms with Crippen molar-refractivity contribution in [2.45, 2.75) is 20.8 Å². The lowest BCUT2D eigenvalue weighted by Gasteiger charge is -2.24. The second-order valence-electron chi connectivity index (χ2n) is 5.95. The average molecular weight is 266 g/mol. The van der Waals surface area contributed by atoms with E-state index in [-0.39, 0.29) is 5.41 Å². The van der Waals surface area contributed by atoms with Crippen molar-refractivity contribution in [3.8, 4) is 5.75 Å². The van der Waals surface area contributed by atoms with Crippen molar-refractivity contribution in [1.82, 2.24) is 0 Å². The molecule has 0 aromatic heterocycles. The summed E-state index contributed by atoms with van der Waals surface area (Å²) in [6.07, 6.45) is 2.26. The summed E-state index contributed by atoms with van der Waals surface area (Å²) < 4.78 is 5.34. The molecule has 0 radical (unpaired) electrons. The molecule has 0 unspecified atom stereocenters. The zero-order valence-electron chi connectivity index (χ0n) is 12.7. The molecule has 2 aromatic rings. The minimum absolute atomic E-state index is 0.0716. The molecular weight excluding hydrogens is 244 g/mol. The van der Waals surface area contributed by atoms with E-state index >= 15 is 0 Å². The fraction of sp³-hybridized carbons (Fsp3) is 0.263.